The van der Waals surface area contributed by atoms with Crippen LogP contribution in [-0.2, 0) is 0 Å². The highest BCUT2D eigenvalue weighted by molar-refractivity contribution is 5.86. The molecule has 0 spiro atoms. The summed E-state index contributed by atoms with van der Waals surface area (Å²) >= 11 is 0. The fraction of sp³-hybridized carbons (Fsp3) is 0.286. The Hall–Kier alpha value is -3.14. The van der Waals surface area contributed by atoms with Gasteiger partial charge < -0.3 is 10.2 Å². The Morgan fingerprint density at radius 3 is 2.83 bits per heavy atom. The second kappa shape index (κ2) is 5.20. The van der Waals surface area contributed by atoms with Gasteiger partial charge in [-0.05, 0) is 23.4 Å². The highest BCUT2D eigenvalue weighted by atomic mass is 15.5. The Kier molecular flexibility index (Phi) is 2.88. The summed E-state index contributed by atoms with van der Waals surface area (Å²) in [6.45, 7) is 3.69. The monoisotopic (exact) mass is 322 g/mol. The minimum Gasteiger partial charge on any atom is -0.351 e. The third-order valence-electron chi connectivity index (χ3n) is 4.23. The molecule has 4 heterocycles. The molecule has 0 aliphatic carbocycles. The topological polar surface area (TPSA) is 113 Å². The van der Waals surface area contributed by atoms with Gasteiger partial charge >= 0.3 is 0 Å². The first-order valence-electron chi connectivity index (χ1n) is 7.73. The molecule has 0 unspecified atom stereocenters. The normalized spacial score (nSPS) is 15.4. The van der Waals surface area contributed by atoms with E-state index in [-0.39, 0.29) is 0 Å². The van der Waals surface area contributed by atoms with Gasteiger partial charge in [-0.2, -0.15) is 5.21 Å². The van der Waals surface area contributed by atoms with E-state index >= 15 is 0 Å². The van der Waals surface area contributed by atoms with E-state index in [2.05, 4.69) is 41.0 Å². The highest BCUT2D eigenvalue weighted by Crippen LogP contribution is 2.26. The molecule has 0 bridgehead atoms. The SMILES string of the molecule is c1cc2nc(N3CCNCC3)c3nncn3c2cc1-c1nn[nH]n1. The molecule has 0 radical (unpaired) electrons. The molecule has 0 atom stereocenters. The first kappa shape index (κ1) is 13.3. The number of H-pyrrole nitrogens is 1. The molecule has 1 aliphatic rings. The van der Waals surface area contributed by atoms with Crippen LogP contribution >= 0.6 is 0 Å². The van der Waals surface area contributed by atoms with Crippen molar-refractivity contribution in [2.24, 2.45) is 0 Å². The minimum absolute atomic E-state index is 0.546. The van der Waals surface area contributed by atoms with Crippen molar-refractivity contribution >= 4 is 22.5 Å². The van der Waals surface area contributed by atoms with Crippen LogP contribution in [0.1, 0.15) is 0 Å². The van der Waals surface area contributed by atoms with E-state index < -0.39 is 0 Å². The van der Waals surface area contributed by atoms with Crippen LogP contribution in [0.5, 0.6) is 0 Å². The summed E-state index contributed by atoms with van der Waals surface area (Å²) in [6.07, 6.45) is 1.71. The summed E-state index contributed by atoms with van der Waals surface area (Å²) in [6, 6.07) is 5.88. The number of benzene rings is 1. The van der Waals surface area contributed by atoms with Crippen LogP contribution in [0.4, 0.5) is 5.82 Å². The van der Waals surface area contributed by atoms with Gasteiger partial charge in [0, 0.05) is 31.7 Å². The van der Waals surface area contributed by atoms with Crippen LogP contribution in [0.15, 0.2) is 24.5 Å². The molecular weight excluding hydrogens is 308 g/mol. The Morgan fingerprint density at radius 1 is 1.08 bits per heavy atom. The molecule has 0 amide bonds. The standard InChI is InChI=1S/C14H14N10/c1-2-10-11(7-9(1)12-18-21-22-19-12)24-8-16-20-14(24)13(17-10)23-5-3-15-4-6-23/h1-2,7-8,15H,3-6H2,(H,18,19,21,22). The van der Waals surface area contributed by atoms with E-state index in [1.165, 1.54) is 0 Å². The van der Waals surface area contributed by atoms with Crippen LogP contribution in [0, 0.1) is 0 Å². The maximum absolute atomic E-state index is 4.83. The number of aromatic amines is 1. The number of fused-ring (bicyclic) bond motifs is 3. The number of anilines is 1. The number of hydrogen-bond acceptors (Lipinski definition) is 8. The fourth-order valence-electron chi connectivity index (χ4n) is 3.05. The largest absolute Gasteiger partial charge is 0.351 e. The van der Waals surface area contributed by atoms with Crippen LogP contribution in [0.3, 0.4) is 0 Å². The Labute approximate surface area is 135 Å². The quantitative estimate of drug-likeness (QED) is 0.525. The van der Waals surface area contributed by atoms with E-state index in [4.69, 9.17) is 4.98 Å². The lowest BCUT2D eigenvalue weighted by Crippen LogP contribution is -2.44. The average Bonchev–Trinajstić information content (AvgIpc) is 3.33. The van der Waals surface area contributed by atoms with Gasteiger partial charge in [0.15, 0.2) is 5.82 Å². The first-order valence-corrected chi connectivity index (χ1v) is 7.73. The van der Waals surface area contributed by atoms with Gasteiger partial charge in [-0.3, -0.25) is 4.40 Å². The van der Waals surface area contributed by atoms with Crippen molar-refractivity contribution in [2.75, 3.05) is 31.1 Å². The van der Waals surface area contributed by atoms with Crippen molar-refractivity contribution in [3.05, 3.63) is 24.5 Å². The smallest absolute Gasteiger partial charge is 0.204 e. The van der Waals surface area contributed by atoms with Crippen molar-refractivity contribution in [3.63, 3.8) is 0 Å². The van der Waals surface area contributed by atoms with Crippen molar-refractivity contribution < 1.29 is 0 Å². The lowest BCUT2D eigenvalue weighted by molar-refractivity contribution is 0.586. The molecule has 5 rings (SSSR count). The van der Waals surface area contributed by atoms with Crippen molar-refractivity contribution in [1.82, 2.24) is 45.5 Å². The van der Waals surface area contributed by atoms with E-state index in [1.54, 1.807) is 6.33 Å². The summed E-state index contributed by atoms with van der Waals surface area (Å²) in [5, 5.41) is 25.8. The van der Waals surface area contributed by atoms with Gasteiger partial charge in [-0.15, -0.1) is 20.4 Å². The zero-order chi connectivity index (χ0) is 15.9. The summed E-state index contributed by atoms with van der Waals surface area (Å²) < 4.78 is 1.96. The third kappa shape index (κ3) is 2.00. The molecule has 0 saturated carbocycles. The summed E-state index contributed by atoms with van der Waals surface area (Å²) in [4.78, 5) is 7.08. The highest BCUT2D eigenvalue weighted by Gasteiger charge is 2.19. The second-order valence-electron chi connectivity index (χ2n) is 5.64. The summed E-state index contributed by atoms with van der Waals surface area (Å²) in [5.74, 6) is 1.41. The zero-order valence-electron chi connectivity index (χ0n) is 12.7. The average molecular weight is 322 g/mol. The summed E-state index contributed by atoms with van der Waals surface area (Å²) in [5.41, 5.74) is 3.41. The van der Waals surface area contributed by atoms with E-state index in [0.29, 0.717) is 5.82 Å². The number of piperazine rings is 1. The van der Waals surface area contributed by atoms with Gasteiger partial charge in [-0.1, -0.05) is 0 Å². The van der Waals surface area contributed by atoms with Crippen LogP contribution in [0.2, 0.25) is 0 Å². The molecule has 1 aromatic carbocycles. The predicted molar refractivity (Wildman–Crippen MR) is 86.5 cm³/mol. The van der Waals surface area contributed by atoms with Crippen LogP contribution in [0.25, 0.3) is 28.1 Å². The number of tetrazole rings is 1. The van der Waals surface area contributed by atoms with Crippen molar-refractivity contribution in [2.45, 2.75) is 0 Å². The van der Waals surface area contributed by atoms with E-state index in [0.717, 1.165) is 54.2 Å². The van der Waals surface area contributed by atoms with Crippen LogP contribution < -0.4 is 10.2 Å². The molecule has 2 N–H and O–H groups in total. The molecule has 24 heavy (non-hydrogen) atoms. The molecule has 4 aromatic rings. The van der Waals surface area contributed by atoms with Crippen molar-refractivity contribution in [1.29, 1.82) is 0 Å². The fourth-order valence-corrected chi connectivity index (χ4v) is 3.05. The maximum Gasteiger partial charge on any atom is 0.204 e. The molecule has 10 heteroatoms. The van der Waals surface area contributed by atoms with Gasteiger partial charge in [0.2, 0.25) is 11.5 Å². The van der Waals surface area contributed by atoms with Crippen molar-refractivity contribution in [3.8, 4) is 11.4 Å². The lowest BCUT2D eigenvalue weighted by atomic mass is 10.2. The zero-order valence-corrected chi connectivity index (χ0v) is 12.7. The summed E-state index contributed by atoms with van der Waals surface area (Å²) in [7, 11) is 0. The van der Waals surface area contributed by atoms with Gasteiger partial charge in [0.25, 0.3) is 0 Å². The first-order chi connectivity index (χ1) is 11.9. The van der Waals surface area contributed by atoms with Gasteiger partial charge in [0.05, 0.1) is 11.0 Å². The van der Waals surface area contributed by atoms with Gasteiger partial charge in [0.1, 0.15) is 6.33 Å². The molecule has 1 aliphatic heterocycles. The number of aromatic nitrogens is 8. The number of nitrogens with zero attached hydrogens (tertiary/aromatic N) is 8. The van der Waals surface area contributed by atoms with Crippen LogP contribution in [-0.4, -0.2) is 66.4 Å². The predicted octanol–water partition coefficient (Wildman–Crippen LogP) is -0.133. The Morgan fingerprint density at radius 2 is 2.00 bits per heavy atom. The Balaban J connectivity index is 1.72. The lowest BCUT2D eigenvalue weighted by Gasteiger charge is -2.28. The molecule has 120 valence electrons. The Bertz CT molecular complexity index is 999. The molecule has 3 aromatic heterocycles. The molecule has 10 nitrogen and oxygen atoms in total. The number of rotatable bonds is 2. The molecule has 1 saturated heterocycles. The second-order valence-corrected chi connectivity index (χ2v) is 5.64. The van der Waals surface area contributed by atoms with E-state index in [9.17, 15) is 0 Å². The van der Waals surface area contributed by atoms with Gasteiger partial charge in [-0.25, -0.2) is 4.98 Å². The third-order valence-corrected chi connectivity index (χ3v) is 4.23. The number of hydrogen-bond donors (Lipinski definition) is 2. The van der Waals surface area contributed by atoms with E-state index in [1.807, 2.05) is 22.6 Å². The maximum atomic E-state index is 4.83. The minimum atomic E-state index is 0.546. The molecule has 1 fully saturated rings. The number of nitrogens with one attached hydrogen (secondary N) is 2. The molecular formula is C14H14N10.